The Morgan fingerprint density at radius 1 is 1.17 bits per heavy atom. The molecule has 0 spiro atoms. The quantitative estimate of drug-likeness (QED) is 0.530. The molecule has 2 heterocycles. The molecule has 4 aliphatic carbocycles. The summed E-state index contributed by atoms with van der Waals surface area (Å²) in [6, 6.07) is 10.6. The van der Waals surface area contributed by atoms with Gasteiger partial charge < -0.3 is 15.7 Å². The molecule has 4 saturated carbocycles. The van der Waals surface area contributed by atoms with Crippen LogP contribution in [-0.2, 0) is 6.54 Å². The van der Waals surface area contributed by atoms with Gasteiger partial charge in [0.05, 0.1) is 12.3 Å². The fourth-order valence-corrected chi connectivity index (χ4v) is 7.99. The highest BCUT2D eigenvalue weighted by atomic mass is 35.5. The lowest BCUT2D eigenvalue weighted by atomic mass is 9.47. The summed E-state index contributed by atoms with van der Waals surface area (Å²) in [5, 5.41) is 27.3. The lowest BCUT2D eigenvalue weighted by Gasteiger charge is -2.62. The van der Waals surface area contributed by atoms with E-state index in [1.165, 1.54) is 32.1 Å². The zero-order chi connectivity index (χ0) is 24.0. The zero-order valence-electron chi connectivity index (χ0n) is 20.0. The Labute approximate surface area is 211 Å². The van der Waals surface area contributed by atoms with E-state index in [1.807, 2.05) is 24.3 Å². The molecule has 1 aromatic heterocycles. The summed E-state index contributed by atoms with van der Waals surface area (Å²) >= 11 is 6.28. The van der Waals surface area contributed by atoms with Crippen molar-refractivity contribution in [2.75, 3.05) is 30.3 Å². The van der Waals surface area contributed by atoms with Gasteiger partial charge in [-0.25, -0.2) is 4.98 Å². The van der Waals surface area contributed by atoms with E-state index in [2.05, 4.69) is 31.6 Å². The van der Waals surface area contributed by atoms with Crippen LogP contribution in [0.5, 0.6) is 0 Å². The van der Waals surface area contributed by atoms with E-state index >= 15 is 0 Å². The van der Waals surface area contributed by atoms with Crippen molar-refractivity contribution in [1.29, 1.82) is 5.26 Å². The Balaban J connectivity index is 1.14. The summed E-state index contributed by atoms with van der Waals surface area (Å²) in [4.78, 5) is 11.6. The van der Waals surface area contributed by atoms with E-state index < -0.39 is 0 Å². The van der Waals surface area contributed by atoms with Gasteiger partial charge in [-0.1, -0.05) is 29.8 Å². The van der Waals surface area contributed by atoms with Crippen LogP contribution in [-0.4, -0.2) is 51.8 Å². The molecule has 6 atom stereocenters. The number of rotatable bonds is 7. The average Bonchev–Trinajstić information content (AvgIpc) is 3.27. The van der Waals surface area contributed by atoms with Crippen molar-refractivity contribution < 1.29 is 5.11 Å². The smallest absolute Gasteiger partial charge is 0.224 e. The maximum Gasteiger partial charge on any atom is 0.224 e. The molecule has 1 aliphatic heterocycles. The molecular formula is C27H33ClN6O. The molecule has 4 bridgehead atoms. The van der Waals surface area contributed by atoms with Crippen molar-refractivity contribution in [2.24, 2.45) is 23.2 Å². The van der Waals surface area contributed by atoms with E-state index in [4.69, 9.17) is 11.6 Å². The number of benzene rings is 1. The highest BCUT2D eigenvalue weighted by Crippen LogP contribution is 2.61. The second-order valence-electron chi connectivity index (χ2n) is 11.3. The number of nitrogens with one attached hydrogen (secondary N) is 2. The van der Waals surface area contributed by atoms with Gasteiger partial charge in [-0.15, -0.1) is 0 Å². The number of aromatic nitrogens is 2. The second-order valence-corrected chi connectivity index (χ2v) is 11.7. The molecule has 7 nitrogen and oxygen atoms in total. The first-order valence-electron chi connectivity index (χ1n) is 12.9. The van der Waals surface area contributed by atoms with Crippen LogP contribution in [0.15, 0.2) is 30.5 Å². The highest BCUT2D eigenvalue weighted by Gasteiger charge is 2.56. The Morgan fingerprint density at radius 3 is 2.69 bits per heavy atom. The number of halogens is 1. The van der Waals surface area contributed by atoms with Gasteiger partial charge in [0.15, 0.2) is 0 Å². The number of nitriles is 1. The number of aliphatic hydroxyl groups excluding tert-OH is 1. The van der Waals surface area contributed by atoms with Crippen molar-refractivity contribution in [2.45, 2.75) is 57.2 Å². The lowest BCUT2D eigenvalue weighted by Crippen LogP contribution is -2.60. The van der Waals surface area contributed by atoms with Crippen LogP contribution in [0.1, 0.15) is 49.7 Å². The monoisotopic (exact) mass is 492 g/mol. The molecule has 184 valence electrons. The van der Waals surface area contributed by atoms with Gasteiger partial charge in [-0.3, -0.25) is 4.90 Å². The van der Waals surface area contributed by atoms with Crippen LogP contribution in [0.3, 0.4) is 0 Å². The maximum atomic E-state index is 10.1. The molecule has 0 amide bonds. The minimum absolute atomic E-state index is 0.147. The second kappa shape index (κ2) is 9.24. The van der Waals surface area contributed by atoms with E-state index in [1.54, 1.807) is 6.20 Å². The third kappa shape index (κ3) is 4.48. The molecule has 2 aromatic rings. The normalized spacial score (nSPS) is 33.6. The van der Waals surface area contributed by atoms with Gasteiger partial charge in [0.2, 0.25) is 5.95 Å². The molecule has 0 radical (unpaired) electrons. The molecule has 1 aromatic carbocycles. The predicted molar refractivity (Wildman–Crippen MR) is 136 cm³/mol. The summed E-state index contributed by atoms with van der Waals surface area (Å²) in [5.41, 5.74) is 1.72. The van der Waals surface area contributed by atoms with Crippen molar-refractivity contribution >= 4 is 23.4 Å². The van der Waals surface area contributed by atoms with Crippen LogP contribution in [0.25, 0.3) is 0 Å². The van der Waals surface area contributed by atoms with Gasteiger partial charge in [0.1, 0.15) is 17.5 Å². The Hall–Kier alpha value is -2.40. The highest BCUT2D eigenvalue weighted by molar-refractivity contribution is 6.31. The number of anilines is 2. The standard InChI is InChI=1S/C27H33ClN6O/c28-23-4-2-1-3-18(23)13-30-26-31-14-21(12-29)25(33-26)32-16-27-9-17-7-19(10-27)24(20(8-17)11-27)34-6-5-22(35)15-34/h1-4,14,17,19-20,22,24,35H,5-11,13,15-16H2,(H2,30,31,32,33)/t17?,19-,20+,22?,24-,27+. The number of aliphatic hydroxyl groups is 1. The van der Waals surface area contributed by atoms with Crippen LogP contribution >= 0.6 is 11.6 Å². The molecule has 35 heavy (non-hydrogen) atoms. The number of hydrogen-bond acceptors (Lipinski definition) is 7. The van der Waals surface area contributed by atoms with Gasteiger partial charge in [-0.05, 0) is 73.3 Å². The Bertz CT molecular complexity index is 1120. The molecular weight excluding hydrogens is 460 g/mol. The van der Waals surface area contributed by atoms with Gasteiger partial charge in [0, 0.05) is 37.2 Å². The third-order valence-corrected chi connectivity index (χ3v) is 9.27. The first-order chi connectivity index (χ1) is 17.0. The van der Waals surface area contributed by atoms with Crippen molar-refractivity contribution in [3.63, 3.8) is 0 Å². The van der Waals surface area contributed by atoms with Crippen molar-refractivity contribution in [3.8, 4) is 6.07 Å². The third-order valence-electron chi connectivity index (χ3n) is 8.90. The maximum absolute atomic E-state index is 10.1. The summed E-state index contributed by atoms with van der Waals surface area (Å²) < 4.78 is 0. The van der Waals surface area contributed by atoms with Gasteiger partial charge in [0.25, 0.3) is 0 Å². The molecule has 7 rings (SSSR count). The summed E-state index contributed by atoms with van der Waals surface area (Å²) in [7, 11) is 0. The number of nitrogens with zero attached hydrogens (tertiary/aromatic N) is 4. The van der Waals surface area contributed by atoms with Crippen LogP contribution < -0.4 is 10.6 Å². The van der Waals surface area contributed by atoms with Gasteiger partial charge >= 0.3 is 0 Å². The first kappa shape index (κ1) is 23.0. The largest absolute Gasteiger partial charge is 0.392 e. The topological polar surface area (TPSA) is 97.1 Å². The molecule has 2 unspecified atom stereocenters. The molecule has 1 saturated heterocycles. The minimum Gasteiger partial charge on any atom is -0.392 e. The fourth-order valence-electron chi connectivity index (χ4n) is 7.79. The predicted octanol–water partition coefficient (Wildman–Crippen LogP) is 4.29. The van der Waals surface area contributed by atoms with Crippen molar-refractivity contribution in [3.05, 3.63) is 46.6 Å². The van der Waals surface area contributed by atoms with Crippen LogP contribution in [0.2, 0.25) is 5.02 Å². The van der Waals surface area contributed by atoms with Crippen LogP contribution in [0, 0.1) is 34.5 Å². The van der Waals surface area contributed by atoms with E-state index in [0.29, 0.717) is 34.9 Å². The summed E-state index contributed by atoms with van der Waals surface area (Å²) in [6.07, 6.45) is 8.77. The van der Waals surface area contributed by atoms with Crippen molar-refractivity contribution in [1.82, 2.24) is 14.9 Å². The number of likely N-dealkylation sites (tertiary alicyclic amines) is 1. The molecule has 5 fully saturated rings. The number of β-amino-alcohol motifs (C(OH)–C–C–N with tert-alkyl or cyclic N) is 1. The Morgan fingerprint density at radius 2 is 1.97 bits per heavy atom. The average molecular weight is 493 g/mol. The van der Waals surface area contributed by atoms with E-state index in [0.717, 1.165) is 49.4 Å². The van der Waals surface area contributed by atoms with Gasteiger partial charge in [-0.2, -0.15) is 10.2 Å². The Kier molecular flexibility index (Phi) is 6.08. The lowest BCUT2D eigenvalue weighted by molar-refractivity contribution is -0.103. The first-order valence-corrected chi connectivity index (χ1v) is 13.3. The summed E-state index contributed by atoms with van der Waals surface area (Å²) in [6.45, 7) is 3.27. The molecule has 8 heteroatoms. The van der Waals surface area contributed by atoms with Crippen LogP contribution in [0.4, 0.5) is 11.8 Å². The van der Waals surface area contributed by atoms with E-state index in [-0.39, 0.29) is 11.5 Å². The summed E-state index contributed by atoms with van der Waals surface area (Å²) in [5.74, 6) is 3.36. The molecule has 5 aliphatic rings. The molecule has 3 N–H and O–H groups in total. The fraction of sp³-hybridized carbons (Fsp3) is 0.593. The van der Waals surface area contributed by atoms with E-state index in [9.17, 15) is 10.4 Å². The SMILES string of the molecule is N#Cc1cnc(NCc2ccccc2Cl)nc1NC[C@@]12CC3C[C@H](C1)[C@@H](N1CCC(O)C1)[C@@H](C3)C2. The number of hydrogen-bond donors (Lipinski definition) is 3. The zero-order valence-corrected chi connectivity index (χ0v) is 20.7. The minimum atomic E-state index is -0.147.